The van der Waals surface area contributed by atoms with Crippen LogP contribution in [0, 0.1) is 0 Å². The van der Waals surface area contributed by atoms with E-state index >= 15 is 0 Å². The van der Waals surface area contributed by atoms with Crippen molar-refractivity contribution >= 4 is 11.8 Å². The van der Waals surface area contributed by atoms with Crippen LogP contribution in [0.2, 0.25) is 0 Å². The number of rotatable bonds is 16. The average molecular weight is 409 g/mol. The highest BCUT2D eigenvalue weighted by molar-refractivity contribution is 7.99. The van der Waals surface area contributed by atoms with E-state index in [-0.39, 0.29) is 5.54 Å². The van der Waals surface area contributed by atoms with Crippen LogP contribution in [-0.2, 0) is 19.0 Å². The second-order valence-corrected chi connectivity index (χ2v) is 10.4. The maximum atomic E-state index is 4.91. The minimum absolute atomic E-state index is 0.172. The fourth-order valence-corrected chi connectivity index (χ4v) is 5.52. The van der Waals surface area contributed by atoms with E-state index in [2.05, 4.69) is 37.1 Å². The number of hydrogen-bond donors (Lipinski definition) is 0. The second kappa shape index (κ2) is 12.9. The van der Waals surface area contributed by atoms with Gasteiger partial charge in [-0.2, -0.15) is 0 Å². The Balaban J connectivity index is 1.41. The van der Waals surface area contributed by atoms with Crippen molar-refractivity contribution in [3.8, 4) is 0 Å². The summed E-state index contributed by atoms with van der Waals surface area (Å²) in [7, 11) is 2.19. The molecule has 0 atom stereocenters. The summed E-state index contributed by atoms with van der Waals surface area (Å²) in [6.45, 7) is 6.88. The van der Waals surface area contributed by atoms with E-state index < -0.39 is 0 Å². The molecule has 162 valence electrons. The van der Waals surface area contributed by atoms with E-state index in [0.29, 0.717) is 0 Å². The fourth-order valence-electron chi connectivity index (χ4n) is 4.20. The summed E-state index contributed by atoms with van der Waals surface area (Å²) in [5, 5.41) is 6.24. The first-order valence-corrected chi connectivity index (χ1v) is 13.2. The van der Waals surface area contributed by atoms with Crippen molar-refractivity contribution in [1.82, 2.24) is 9.78 Å². The Labute approximate surface area is 179 Å². The van der Waals surface area contributed by atoms with Gasteiger partial charge in [0, 0.05) is 17.3 Å². The van der Waals surface area contributed by atoms with Crippen molar-refractivity contribution in [1.29, 1.82) is 0 Å². The first-order valence-electron chi connectivity index (χ1n) is 12.2. The molecule has 0 radical (unpaired) electrons. The third kappa shape index (κ3) is 7.72. The summed E-state index contributed by atoms with van der Waals surface area (Å²) in [5.41, 5.74) is 0.172. The maximum absolute atomic E-state index is 4.91. The van der Waals surface area contributed by atoms with Gasteiger partial charge in [-0.3, -0.25) is 0 Å². The van der Waals surface area contributed by atoms with Crippen LogP contribution in [0.1, 0.15) is 123 Å². The van der Waals surface area contributed by atoms with Crippen LogP contribution in [0.5, 0.6) is 0 Å². The summed E-state index contributed by atoms with van der Waals surface area (Å²) >= 11 is 1.95. The summed E-state index contributed by atoms with van der Waals surface area (Å²) in [4.78, 5) is 0. The standard InChI is InChI=1S/C24H46N3S/c1-5-6-7-8-9-10-11-12-13-14-15-16-17-18-19-20-22-25-27-23(26(22)4)28-21-24(27,2)3/h5-21H2,1-4H3/q+1. The fraction of sp³-hybridized carbons (Fsp3) is 0.917. The van der Waals surface area contributed by atoms with Crippen LogP contribution < -0.4 is 4.57 Å². The van der Waals surface area contributed by atoms with E-state index in [1.165, 1.54) is 107 Å². The van der Waals surface area contributed by atoms with Crippen molar-refractivity contribution in [2.45, 2.75) is 134 Å². The zero-order valence-electron chi connectivity index (χ0n) is 19.3. The molecule has 2 rings (SSSR count). The van der Waals surface area contributed by atoms with Crippen LogP contribution in [-0.4, -0.2) is 15.5 Å². The molecule has 0 spiro atoms. The number of thioether (sulfide) groups is 1. The number of nitrogens with zero attached hydrogens (tertiary/aromatic N) is 3. The molecule has 28 heavy (non-hydrogen) atoms. The maximum Gasteiger partial charge on any atom is 0.296 e. The summed E-state index contributed by atoms with van der Waals surface area (Å²) in [5.74, 6) is 2.41. The van der Waals surface area contributed by atoms with Gasteiger partial charge in [0.05, 0.1) is 7.05 Å². The van der Waals surface area contributed by atoms with Gasteiger partial charge >= 0.3 is 0 Å². The third-order valence-electron chi connectivity index (χ3n) is 6.20. The molecule has 1 aromatic heterocycles. The van der Waals surface area contributed by atoms with Gasteiger partial charge in [-0.05, 0) is 32.0 Å². The molecule has 0 unspecified atom stereocenters. The lowest BCUT2D eigenvalue weighted by molar-refractivity contribution is -0.717. The molecule has 1 aromatic rings. The highest BCUT2D eigenvalue weighted by atomic mass is 32.2. The minimum Gasteiger partial charge on any atom is -0.225 e. The predicted octanol–water partition coefficient (Wildman–Crippen LogP) is 6.96. The molecule has 0 amide bonds. The Bertz CT molecular complexity index is 550. The number of hydrogen-bond acceptors (Lipinski definition) is 2. The van der Waals surface area contributed by atoms with Crippen molar-refractivity contribution < 1.29 is 4.57 Å². The van der Waals surface area contributed by atoms with Crippen LogP contribution in [0.15, 0.2) is 5.16 Å². The minimum atomic E-state index is 0.172. The first-order chi connectivity index (χ1) is 13.6. The number of aryl methyl sites for hydroxylation is 1. The Morgan fingerprint density at radius 2 is 1.29 bits per heavy atom. The Hall–Kier alpha value is -0.510. The molecule has 0 aliphatic carbocycles. The molecular weight excluding hydrogens is 362 g/mol. The smallest absolute Gasteiger partial charge is 0.225 e. The van der Waals surface area contributed by atoms with Crippen LogP contribution in [0.4, 0.5) is 0 Å². The van der Waals surface area contributed by atoms with Crippen molar-refractivity contribution in [3.63, 3.8) is 0 Å². The SMILES string of the molecule is CCCCCCCCCCCCCCCCCc1nn2c([n+]1C)SCC2(C)C. The van der Waals surface area contributed by atoms with Gasteiger partial charge in [0.25, 0.3) is 11.0 Å². The molecule has 0 fully saturated rings. The monoisotopic (exact) mass is 408 g/mol. The normalized spacial score (nSPS) is 15.3. The van der Waals surface area contributed by atoms with Crippen LogP contribution in [0.25, 0.3) is 0 Å². The quantitative estimate of drug-likeness (QED) is 0.218. The molecule has 0 aromatic carbocycles. The number of unbranched alkanes of at least 4 members (excludes halogenated alkanes) is 14. The van der Waals surface area contributed by atoms with Gasteiger partial charge in [0.1, 0.15) is 5.54 Å². The van der Waals surface area contributed by atoms with Gasteiger partial charge in [-0.25, -0.2) is 4.57 Å². The Morgan fingerprint density at radius 1 is 0.821 bits per heavy atom. The number of fused-ring (bicyclic) bond motifs is 1. The largest absolute Gasteiger partial charge is 0.296 e. The van der Waals surface area contributed by atoms with Gasteiger partial charge < -0.3 is 0 Å². The van der Waals surface area contributed by atoms with E-state index in [4.69, 9.17) is 5.10 Å². The zero-order valence-corrected chi connectivity index (χ0v) is 20.1. The van der Waals surface area contributed by atoms with Gasteiger partial charge in [-0.1, -0.05) is 101 Å². The van der Waals surface area contributed by atoms with Crippen LogP contribution in [0.3, 0.4) is 0 Å². The Morgan fingerprint density at radius 3 is 1.75 bits per heavy atom. The van der Waals surface area contributed by atoms with Crippen molar-refractivity contribution in [2.75, 3.05) is 5.75 Å². The molecule has 0 bridgehead atoms. The molecule has 0 saturated carbocycles. The Kier molecular flexibility index (Phi) is 11.0. The van der Waals surface area contributed by atoms with Gasteiger partial charge in [0.2, 0.25) is 0 Å². The molecule has 1 aliphatic rings. The average Bonchev–Trinajstić information content (AvgIpc) is 3.15. The van der Waals surface area contributed by atoms with Crippen LogP contribution >= 0.6 is 11.8 Å². The molecule has 0 saturated heterocycles. The lowest BCUT2D eigenvalue weighted by Gasteiger charge is -2.09. The second-order valence-electron chi connectivity index (χ2n) is 9.47. The molecule has 3 nitrogen and oxygen atoms in total. The van der Waals surface area contributed by atoms with Crippen molar-refractivity contribution in [3.05, 3.63) is 5.82 Å². The van der Waals surface area contributed by atoms with E-state index in [1.807, 2.05) is 11.8 Å². The summed E-state index contributed by atoms with van der Waals surface area (Å²) in [6, 6.07) is 0. The molecule has 0 N–H and O–H groups in total. The highest BCUT2D eigenvalue weighted by Crippen LogP contribution is 2.34. The van der Waals surface area contributed by atoms with E-state index in [1.54, 1.807) is 0 Å². The number of aromatic nitrogens is 3. The molecule has 4 heteroatoms. The lowest BCUT2D eigenvalue weighted by atomic mass is 10.0. The summed E-state index contributed by atoms with van der Waals surface area (Å²) in [6.07, 6.45) is 22.5. The van der Waals surface area contributed by atoms with Gasteiger partial charge in [0.15, 0.2) is 0 Å². The lowest BCUT2D eigenvalue weighted by Crippen LogP contribution is -2.33. The topological polar surface area (TPSA) is 21.7 Å². The predicted molar refractivity (Wildman–Crippen MR) is 122 cm³/mol. The van der Waals surface area contributed by atoms with Crippen molar-refractivity contribution in [2.24, 2.45) is 7.05 Å². The summed E-state index contributed by atoms with van der Waals surface area (Å²) < 4.78 is 4.57. The molecule has 2 heterocycles. The van der Waals surface area contributed by atoms with E-state index in [9.17, 15) is 0 Å². The third-order valence-corrected chi connectivity index (χ3v) is 7.76. The van der Waals surface area contributed by atoms with Gasteiger partial charge in [-0.15, -0.1) is 0 Å². The molecular formula is C24H46N3S+. The first kappa shape index (κ1) is 23.8. The zero-order chi connectivity index (χ0) is 20.2. The molecule has 1 aliphatic heterocycles. The van der Waals surface area contributed by atoms with E-state index in [0.717, 1.165) is 12.2 Å². The highest BCUT2D eigenvalue weighted by Gasteiger charge is 2.41.